The number of benzene rings is 2. The molecule has 0 aliphatic carbocycles. The maximum atomic E-state index is 12.5. The standard InChI is InChI=1S/C20H19NO4/c1-3-13(2)25-18(22)12-14-8-10-15(11-9-14)21-19(23)16-6-4-5-7-17(16)20(21)24/h4-11,13H,3,12H2,1-2H3. The van der Waals surface area contributed by atoms with Gasteiger partial charge in [-0.2, -0.15) is 0 Å². The van der Waals surface area contributed by atoms with E-state index in [-0.39, 0.29) is 30.3 Å². The Kier molecular flexibility index (Phi) is 4.65. The van der Waals surface area contributed by atoms with Crippen molar-refractivity contribution in [3.63, 3.8) is 0 Å². The normalized spacial score (nSPS) is 14.4. The van der Waals surface area contributed by atoms with Gasteiger partial charge in [-0.1, -0.05) is 31.2 Å². The van der Waals surface area contributed by atoms with Crippen LogP contribution in [0.3, 0.4) is 0 Å². The van der Waals surface area contributed by atoms with Crippen molar-refractivity contribution in [3.8, 4) is 0 Å². The summed E-state index contributed by atoms with van der Waals surface area (Å²) < 4.78 is 5.25. The summed E-state index contributed by atoms with van der Waals surface area (Å²) in [4.78, 5) is 37.9. The molecule has 0 saturated heterocycles. The Hall–Kier alpha value is -2.95. The molecule has 0 N–H and O–H groups in total. The fourth-order valence-corrected chi connectivity index (χ4v) is 2.70. The van der Waals surface area contributed by atoms with Crippen molar-refractivity contribution in [2.75, 3.05) is 4.90 Å². The highest BCUT2D eigenvalue weighted by atomic mass is 16.5. The second-order valence-electron chi connectivity index (χ2n) is 6.04. The van der Waals surface area contributed by atoms with Crippen LogP contribution in [0, 0.1) is 0 Å². The van der Waals surface area contributed by atoms with E-state index in [1.165, 1.54) is 0 Å². The molecule has 5 nitrogen and oxygen atoms in total. The van der Waals surface area contributed by atoms with Crippen molar-refractivity contribution < 1.29 is 19.1 Å². The molecule has 0 bridgehead atoms. The van der Waals surface area contributed by atoms with Gasteiger partial charge in [0.05, 0.1) is 29.3 Å². The summed E-state index contributed by atoms with van der Waals surface area (Å²) >= 11 is 0. The lowest BCUT2D eigenvalue weighted by molar-refractivity contribution is -0.147. The second kappa shape index (κ2) is 6.89. The predicted octanol–water partition coefficient (Wildman–Crippen LogP) is 3.37. The first-order valence-electron chi connectivity index (χ1n) is 8.27. The van der Waals surface area contributed by atoms with Gasteiger partial charge in [-0.15, -0.1) is 0 Å². The lowest BCUT2D eigenvalue weighted by Gasteiger charge is -2.15. The van der Waals surface area contributed by atoms with E-state index in [4.69, 9.17) is 4.74 Å². The number of anilines is 1. The Balaban J connectivity index is 1.74. The molecule has 1 aliphatic heterocycles. The Morgan fingerprint density at radius 3 is 2.08 bits per heavy atom. The van der Waals surface area contributed by atoms with Crippen molar-refractivity contribution in [1.82, 2.24) is 0 Å². The van der Waals surface area contributed by atoms with Gasteiger partial charge in [0.1, 0.15) is 0 Å². The zero-order chi connectivity index (χ0) is 18.0. The van der Waals surface area contributed by atoms with E-state index in [1.54, 1.807) is 48.5 Å². The summed E-state index contributed by atoms with van der Waals surface area (Å²) in [5.74, 6) is -0.947. The van der Waals surface area contributed by atoms with Crippen LogP contribution >= 0.6 is 0 Å². The number of hydrogen-bond donors (Lipinski definition) is 0. The molecule has 0 aromatic heterocycles. The van der Waals surface area contributed by atoms with E-state index < -0.39 is 0 Å². The maximum Gasteiger partial charge on any atom is 0.310 e. The molecule has 128 valence electrons. The molecule has 25 heavy (non-hydrogen) atoms. The van der Waals surface area contributed by atoms with E-state index in [9.17, 15) is 14.4 Å². The molecule has 1 atom stereocenters. The minimum absolute atomic E-state index is 0.106. The van der Waals surface area contributed by atoms with Crippen LogP contribution in [0.15, 0.2) is 48.5 Å². The lowest BCUT2D eigenvalue weighted by Crippen LogP contribution is -2.29. The number of fused-ring (bicyclic) bond motifs is 1. The van der Waals surface area contributed by atoms with Crippen LogP contribution in [0.1, 0.15) is 46.5 Å². The van der Waals surface area contributed by atoms with Crippen LogP contribution in [0.5, 0.6) is 0 Å². The fourth-order valence-electron chi connectivity index (χ4n) is 2.70. The molecule has 1 aliphatic rings. The molecule has 0 saturated carbocycles. The van der Waals surface area contributed by atoms with Crippen molar-refractivity contribution >= 4 is 23.5 Å². The number of ether oxygens (including phenoxy) is 1. The summed E-state index contributed by atoms with van der Waals surface area (Å²) in [7, 11) is 0. The number of carbonyl (C=O) groups is 3. The molecule has 2 amide bonds. The largest absolute Gasteiger partial charge is 0.462 e. The van der Waals surface area contributed by atoms with E-state index in [0.717, 1.165) is 16.9 Å². The zero-order valence-corrected chi connectivity index (χ0v) is 14.2. The van der Waals surface area contributed by atoms with Gasteiger partial charge in [0.15, 0.2) is 0 Å². The average Bonchev–Trinajstić information content (AvgIpc) is 2.87. The number of nitrogens with zero attached hydrogens (tertiary/aromatic N) is 1. The zero-order valence-electron chi connectivity index (χ0n) is 14.2. The van der Waals surface area contributed by atoms with Gasteiger partial charge < -0.3 is 4.74 Å². The molecule has 0 radical (unpaired) electrons. The van der Waals surface area contributed by atoms with Crippen LogP contribution in [0.4, 0.5) is 5.69 Å². The van der Waals surface area contributed by atoms with Crippen LogP contribution in [0.2, 0.25) is 0 Å². The monoisotopic (exact) mass is 337 g/mol. The lowest BCUT2D eigenvalue weighted by atomic mass is 10.1. The third-order valence-electron chi connectivity index (χ3n) is 4.24. The number of hydrogen-bond acceptors (Lipinski definition) is 4. The topological polar surface area (TPSA) is 63.7 Å². The molecule has 2 aromatic carbocycles. The summed E-state index contributed by atoms with van der Waals surface area (Å²) in [6, 6.07) is 13.6. The summed E-state index contributed by atoms with van der Waals surface area (Å²) in [5, 5.41) is 0. The Morgan fingerprint density at radius 2 is 1.56 bits per heavy atom. The first kappa shape index (κ1) is 16.9. The van der Waals surface area contributed by atoms with Crippen molar-refractivity contribution in [1.29, 1.82) is 0 Å². The van der Waals surface area contributed by atoms with Gasteiger partial charge in [-0.05, 0) is 43.2 Å². The van der Waals surface area contributed by atoms with Gasteiger partial charge in [-0.25, -0.2) is 4.90 Å². The maximum absolute atomic E-state index is 12.5. The van der Waals surface area contributed by atoms with Crippen LogP contribution in [0.25, 0.3) is 0 Å². The van der Waals surface area contributed by atoms with Crippen LogP contribution < -0.4 is 4.90 Å². The first-order valence-corrected chi connectivity index (χ1v) is 8.27. The summed E-state index contributed by atoms with van der Waals surface area (Å²) in [6.07, 6.45) is 0.821. The molecule has 1 heterocycles. The fraction of sp³-hybridized carbons (Fsp3) is 0.250. The molecule has 5 heteroatoms. The Labute approximate surface area is 146 Å². The minimum Gasteiger partial charge on any atom is -0.462 e. The first-order chi connectivity index (χ1) is 12.0. The van der Waals surface area contributed by atoms with Crippen molar-refractivity contribution in [3.05, 3.63) is 65.2 Å². The van der Waals surface area contributed by atoms with E-state index in [2.05, 4.69) is 0 Å². The number of carbonyl (C=O) groups excluding carboxylic acids is 3. The molecule has 2 aromatic rings. The third-order valence-corrected chi connectivity index (χ3v) is 4.24. The smallest absolute Gasteiger partial charge is 0.310 e. The highest BCUT2D eigenvalue weighted by molar-refractivity contribution is 6.34. The van der Waals surface area contributed by atoms with Gasteiger partial charge in [0.2, 0.25) is 0 Å². The van der Waals surface area contributed by atoms with Crippen LogP contribution in [-0.2, 0) is 16.0 Å². The highest BCUT2D eigenvalue weighted by Crippen LogP contribution is 2.28. The quantitative estimate of drug-likeness (QED) is 0.620. The molecular formula is C20H19NO4. The number of esters is 1. The SMILES string of the molecule is CCC(C)OC(=O)Cc1ccc(N2C(=O)c3ccccc3C2=O)cc1. The molecule has 1 unspecified atom stereocenters. The second-order valence-corrected chi connectivity index (χ2v) is 6.04. The van der Waals surface area contributed by atoms with Gasteiger partial charge in [0.25, 0.3) is 11.8 Å². The predicted molar refractivity (Wildman–Crippen MR) is 93.6 cm³/mol. The van der Waals surface area contributed by atoms with E-state index in [0.29, 0.717) is 16.8 Å². The number of imide groups is 1. The van der Waals surface area contributed by atoms with Gasteiger partial charge in [-0.3, -0.25) is 14.4 Å². The summed E-state index contributed by atoms with van der Waals surface area (Å²) in [6.45, 7) is 3.80. The van der Waals surface area contributed by atoms with Crippen LogP contribution in [-0.4, -0.2) is 23.9 Å². The van der Waals surface area contributed by atoms with Crippen molar-refractivity contribution in [2.45, 2.75) is 32.8 Å². The number of amides is 2. The Morgan fingerprint density at radius 1 is 1.00 bits per heavy atom. The summed E-state index contributed by atoms with van der Waals surface area (Å²) in [5.41, 5.74) is 2.08. The van der Waals surface area contributed by atoms with Gasteiger partial charge in [0, 0.05) is 0 Å². The molecule has 3 rings (SSSR count). The number of rotatable bonds is 5. The van der Waals surface area contributed by atoms with E-state index >= 15 is 0 Å². The molecule has 0 fully saturated rings. The Bertz CT molecular complexity index is 791. The molecule has 0 spiro atoms. The van der Waals surface area contributed by atoms with Crippen molar-refractivity contribution in [2.24, 2.45) is 0 Å². The minimum atomic E-state index is -0.329. The highest BCUT2D eigenvalue weighted by Gasteiger charge is 2.36. The third kappa shape index (κ3) is 3.31. The van der Waals surface area contributed by atoms with E-state index in [1.807, 2.05) is 13.8 Å². The van der Waals surface area contributed by atoms with Gasteiger partial charge >= 0.3 is 5.97 Å². The average molecular weight is 337 g/mol. The molecular weight excluding hydrogens is 318 g/mol.